The molecule has 10 nitrogen and oxygen atoms in total. The predicted octanol–water partition coefficient (Wildman–Crippen LogP) is 6.84. The Morgan fingerprint density at radius 3 is 2.54 bits per heavy atom. The van der Waals surface area contributed by atoms with Gasteiger partial charge in [-0.1, -0.05) is 16.8 Å². The van der Waals surface area contributed by atoms with E-state index in [9.17, 15) is 22.8 Å². The molecule has 0 saturated heterocycles. The largest absolute Gasteiger partial charge is 0.444 e. The average Bonchev–Trinajstić information content (AvgIpc) is 3.53. The maximum atomic E-state index is 13.6. The molecule has 41 heavy (non-hydrogen) atoms. The van der Waals surface area contributed by atoms with E-state index in [0.29, 0.717) is 16.8 Å². The molecule has 14 heteroatoms. The number of carbonyl (C=O) groups is 2. The first-order valence-electron chi connectivity index (χ1n) is 12.4. The number of nitrogens with one attached hydrogen (secondary N) is 1. The second kappa shape index (κ2) is 10.2. The molecule has 1 aliphatic heterocycles. The molecule has 0 spiro atoms. The van der Waals surface area contributed by atoms with E-state index >= 15 is 0 Å². The molecule has 0 saturated carbocycles. The van der Waals surface area contributed by atoms with E-state index in [1.807, 2.05) is 6.92 Å². The van der Waals surface area contributed by atoms with E-state index < -0.39 is 34.4 Å². The van der Waals surface area contributed by atoms with Crippen LogP contribution in [0, 0.1) is 0 Å². The van der Waals surface area contributed by atoms with Gasteiger partial charge < -0.3 is 14.2 Å². The van der Waals surface area contributed by atoms with Crippen molar-refractivity contribution in [2.24, 2.45) is 0 Å². The minimum atomic E-state index is -4.62. The number of rotatable bonds is 4. The predicted molar refractivity (Wildman–Crippen MR) is 144 cm³/mol. The van der Waals surface area contributed by atoms with Crippen LogP contribution in [0.1, 0.15) is 49.8 Å². The van der Waals surface area contributed by atoms with Gasteiger partial charge in [-0.25, -0.2) is 9.78 Å². The van der Waals surface area contributed by atoms with Crippen LogP contribution in [0.25, 0.3) is 22.6 Å². The standard InChI is InChI=1S/C27H24ClF3N6O4/c1-14-13-36(16-6-7-18(19(28)9-16)27(29,30)31)24(38)23-17(12-33-37(14)23)21-10-20(35-41-21)15-5-8-22(32-11-15)34-25(39)40-26(2,3)4/h5-12,14H,13H2,1-4H3,(H,32,34,39)/t14-/m0/s1. The fraction of sp³-hybridized carbons (Fsp3) is 0.296. The fourth-order valence-electron chi connectivity index (χ4n) is 4.33. The number of halogens is 4. The molecule has 1 atom stereocenters. The lowest BCUT2D eigenvalue weighted by molar-refractivity contribution is -0.137. The normalized spacial score (nSPS) is 15.6. The van der Waals surface area contributed by atoms with Crippen molar-refractivity contribution in [3.63, 3.8) is 0 Å². The number of pyridine rings is 1. The van der Waals surface area contributed by atoms with Crippen molar-refractivity contribution in [1.82, 2.24) is 19.9 Å². The number of hydrogen-bond donors (Lipinski definition) is 1. The van der Waals surface area contributed by atoms with Crippen molar-refractivity contribution in [2.75, 3.05) is 16.8 Å². The van der Waals surface area contributed by atoms with Gasteiger partial charge in [-0.05, 0) is 58.0 Å². The summed E-state index contributed by atoms with van der Waals surface area (Å²) in [7, 11) is 0. The van der Waals surface area contributed by atoms with E-state index in [-0.39, 0.29) is 35.5 Å². The van der Waals surface area contributed by atoms with Gasteiger partial charge in [0.15, 0.2) is 5.76 Å². The summed E-state index contributed by atoms with van der Waals surface area (Å²) in [6.45, 7) is 7.25. The molecule has 1 aromatic carbocycles. The highest BCUT2D eigenvalue weighted by Crippen LogP contribution is 2.39. The van der Waals surface area contributed by atoms with E-state index in [4.69, 9.17) is 20.9 Å². The Morgan fingerprint density at radius 1 is 1.15 bits per heavy atom. The van der Waals surface area contributed by atoms with Crippen LogP contribution in [0.15, 0.2) is 53.3 Å². The summed E-state index contributed by atoms with van der Waals surface area (Å²) in [5.41, 5.74) is 0.133. The Morgan fingerprint density at radius 2 is 1.90 bits per heavy atom. The Bertz CT molecular complexity index is 1630. The number of alkyl halides is 3. The van der Waals surface area contributed by atoms with Crippen molar-refractivity contribution >= 4 is 35.1 Å². The van der Waals surface area contributed by atoms with Gasteiger partial charge in [0.25, 0.3) is 5.91 Å². The first kappa shape index (κ1) is 28.1. The second-order valence-electron chi connectivity index (χ2n) is 10.4. The quantitative estimate of drug-likeness (QED) is 0.277. The lowest BCUT2D eigenvalue weighted by atomic mass is 10.1. The Kier molecular flexibility index (Phi) is 7.02. The Hall–Kier alpha value is -4.39. The molecule has 1 N–H and O–H groups in total. The molecular weight excluding hydrogens is 565 g/mol. The molecule has 0 aliphatic carbocycles. The van der Waals surface area contributed by atoms with Gasteiger partial charge in [0.2, 0.25) is 0 Å². The summed E-state index contributed by atoms with van der Waals surface area (Å²) in [5, 5.41) is 10.5. The minimum Gasteiger partial charge on any atom is -0.444 e. The number of carbonyl (C=O) groups excluding carboxylic acids is 2. The van der Waals surface area contributed by atoms with Gasteiger partial charge in [-0.3, -0.25) is 14.8 Å². The summed E-state index contributed by atoms with van der Waals surface area (Å²) in [5.74, 6) is 0.0501. The van der Waals surface area contributed by atoms with Crippen LogP contribution in [0.5, 0.6) is 0 Å². The number of aromatic nitrogens is 4. The summed E-state index contributed by atoms with van der Waals surface area (Å²) in [6.07, 6.45) is -2.29. The number of fused-ring (bicyclic) bond motifs is 1. The van der Waals surface area contributed by atoms with Gasteiger partial charge in [-0.2, -0.15) is 18.3 Å². The fourth-order valence-corrected chi connectivity index (χ4v) is 4.61. The molecule has 0 bridgehead atoms. The number of amides is 2. The first-order chi connectivity index (χ1) is 19.2. The van der Waals surface area contributed by atoms with Crippen molar-refractivity contribution in [1.29, 1.82) is 0 Å². The summed E-state index contributed by atoms with van der Waals surface area (Å²) in [6, 6.07) is 7.77. The lowest BCUT2D eigenvalue weighted by Crippen LogP contribution is -2.42. The Balaban J connectivity index is 1.39. The highest BCUT2D eigenvalue weighted by atomic mass is 35.5. The number of nitrogens with zero attached hydrogens (tertiary/aromatic N) is 5. The van der Waals surface area contributed by atoms with Crippen LogP contribution in [-0.4, -0.2) is 44.1 Å². The van der Waals surface area contributed by atoms with Crippen LogP contribution in [0.4, 0.5) is 29.5 Å². The number of ether oxygens (including phenoxy) is 1. The molecule has 3 aromatic heterocycles. The summed E-state index contributed by atoms with van der Waals surface area (Å²) in [4.78, 5) is 31.1. The SMILES string of the molecule is C[C@H]1CN(c2ccc(C(F)(F)F)c(Cl)c2)C(=O)c2c(-c3cc(-c4ccc(NC(=O)OC(C)(C)C)nc4)no3)cnn21. The van der Waals surface area contributed by atoms with Crippen molar-refractivity contribution in [2.45, 2.75) is 45.5 Å². The average molecular weight is 589 g/mol. The molecule has 0 radical (unpaired) electrons. The molecule has 2 amide bonds. The van der Waals surface area contributed by atoms with Crippen molar-refractivity contribution in [3.05, 3.63) is 65.1 Å². The maximum absolute atomic E-state index is 13.6. The van der Waals surface area contributed by atoms with Gasteiger partial charge in [0.1, 0.15) is 22.8 Å². The third-order valence-electron chi connectivity index (χ3n) is 6.14. The highest BCUT2D eigenvalue weighted by Gasteiger charge is 2.37. The summed E-state index contributed by atoms with van der Waals surface area (Å²) >= 11 is 5.91. The van der Waals surface area contributed by atoms with Crippen LogP contribution in [0.3, 0.4) is 0 Å². The molecule has 4 aromatic rings. The smallest absolute Gasteiger partial charge is 0.417 e. The molecule has 5 rings (SSSR count). The van der Waals surface area contributed by atoms with Gasteiger partial charge in [0.05, 0.1) is 28.4 Å². The molecule has 0 unspecified atom stereocenters. The molecule has 1 aliphatic rings. The van der Waals surface area contributed by atoms with Crippen LogP contribution < -0.4 is 10.2 Å². The van der Waals surface area contributed by atoms with Gasteiger partial charge >= 0.3 is 12.3 Å². The zero-order chi connectivity index (χ0) is 29.7. The highest BCUT2D eigenvalue weighted by molar-refractivity contribution is 6.31. The van der Waals surface area contributed by atoms with E-state index in [1.54, 1.807) is 43.7 Å². The zero-order valence-corrected chi connectivity index (χ0v) is 23.0. The van der Waals surface area contributed by atoms with Crippen molar-refractivity contribution in [3.8, 4) is 22.6 Å². The topological polar surface area (TPSA) is 115 Å². The molecule has 0 fully saturated rings. The monoisotopic (exact) mass is 588 g/mol. The molecule has 214 valence electrons. The lowest BCUT2D eigenvalue weighted by Gasteiger charge is -2.32. The van der Waals surface area contributed by atoms with Gasteiger partial charge in [0, 0.05) is 30.1 Å². The zero-order valence-electron chi connectivity index (χ0n) is 22.3. The first-order valence-corrected chi connectivity index (χ1v) is 12.8. The van der Waals surface area contributed by atoms with E-state index in [1.165, 1.54) is 23.4 Å². The second-order valence-corrected chi connectivity index (χ2v) is 10.8. The van der Waals surface area contributed by atoms with Gasteiger partial charge in [-0.15, -0.1) is 0 Å². The third-order valence-corrected chi connectivity index (χ3v) is 6.45. The van der Waals surface area contributed by atoms with Crippen molar-refractivity contribution < 1.29 is 32.0 Å². The number of anilines is 2. The summed E-state index contributed by atoms with van der Waals surface area (Å²) < 4.78 is 51.9. The maximum Gasteiger partial charge on any atom is 0.417 e. The van der Waals surface area contributed by atoms with Crippen LogP contribution >= 0.6 is 11.6 Å². The Labute approximate surface area is 237 Å². The minimum absolute atomic E-state index is 0.172. The van der Waals surface area contributed by atoms with E-state index in [0.717, 1.165) is 12.1 Å². The third kappa shape index (κ3) is 5.75. The number of benzene rings is 1. The van der Waals surface area contributed by atoms with Crippen LogP contribution in [-0.2, 0) is 10.9 Å². The van der Waals surface area contributed by atoms with Crippen LogP contribution in [0.2, 0.25) is 5.02 Å². The van der Waals surface area contributed by atoms with E-state index in [2.05, 4.69) is 20.6 Å². The molecule has 4 heterocycles. The molecular formula is C27H24ClF3N6O4. The number of hydrogen-bond acceptors (Lipinski definition) is 7.